The van der Waals surface area contributed by atoms with E-state index in [9.17, 15) is 13.2 Å². The SMILES string of the molecule is CN(C)c1cccc(S(=O)(=O)N2CCCC(n3cc(C(=O)O)cn3)C2)c1. The zero-order chi connectivity index (χ0) is 18.9. The van der Waals surface area contributed by atoms with E-state index < -0.39 is 16.0 Å². The second-order valence-corrected chi connectivity index (χ2v) is 8.50. The highest BCUT2D eigenvalue weighted by molar-refractivity contribution is 7.89. The van der Waals surface area contributed by atoms with Crippen molar-refractivity contribution in [2.75, 3.05) is 32.1 Å². The average molecular weight is 378 g/mol. The van der Waals surface area contributed by atoms with Crippen LogP contribution in [0.3, 0.4) is 0 Å². The van der Waals surface area contributed by atoms with Crippen molar-refractivity contribution in [3.8, 4) is 0 Å². The summed E-state index contributed by atoms with van der Waals surface area (Å²) in [6, 6.07) is 6.67. The van der Waals surface area contributed by atoms with Crippen LogP contribution in [0.5, 0.6) is 0 Å². The molecule has 0 aliphatic carbocycles. The summed E-state index contributed by atoms with van der Waals surface area (Å²) in [5.74, 6) is -1.04. The Balaban J connectivity index is 1.84. The maximum absolute atomic E-state index is 13.0. The molecule has 140 valence electrons. The molecule has 0 amide bonds. The molecule has 1 unspecified atom stereocenters. The van der Waals surface area contributed by atoms with Crippen LogP contribution < -0.4 is 4.90 Å². The van der Waals surface area contributed by atoms with Crippen molar-refractivity contribution in [3.63, 3.8) is 0 Å². The molecule has 2 heterocycles. The van der Waals surface area contributed by atoms with E-state index in [4.69, 9.17) is 5.11 Å². The smallest absolute Gasteiger partial charge is 0.338 e. The number of piperidine rings is 1. The van der Waals surface area contributed by atoms with Crippen LogP contribution >= 0.6 is 0 Å². The number of aromatic carboxylic acids is 1. The summed E-state index contributed by atoms with van der Waals surface area (Å²) in [6.45, 7) is 0.716. The highest BCUT2D eigenvalue weighted by Gasteiger charge is 2.31. The van der Waals surface area contributed by atoms with E-state index in [1.165, 1.54) is 16.7 Å². The highest BCUT2D eigenvalue weighted by atomic mass is 32.2. The van der Waals surface area contributed by atoms with Crippen LogP contribution in [0.1, 0.15) is 29.2 Å². The van der Waals surface area contributed by atoms with E-state index in [2.05, 4.69) is 5.10 Å². The van der Waals surface area contributed by atoms with E-state index in [0.717, 1.165) is 12.1 Å². The van der Waals surface area contributed by atoms with Gasteiger partial charge in [0.25, 0.3) is 0 Å². The number of carboxylic acid groups (broad SMARTS) is 1. The molecule has 2 aromatic rings. The first kappa shape index (κ1) is 18.4. The largest absolute Gasteiger partial charge is 0.478 e. The number of carboxylic acids is 1. The first-order valence-corrected chi connectivity index (χ1v) is 9.78. The lowest BCUT2D eigenvalue weighted by Gasteiger charge is -2.32. The molecule has 1 N–H and O–H groups in total. The van der Waals surface area contributed by atoms with Crippen LogP contribution in [-0.4, -0.2) is 60.8 Å². The summed E-state index contributed by atoms with van der Waals surface area (Å²) in [5.41, 5.74) is 0.918. The van der Waals surface area contributed by atoms with Gasteiger partial charge in [-0.3, -0.25) is 4.68 Å². The van der Waals surface area contributed by atoms with Crippen molar-refractivity contribution in [1.82, 2.24) is 14.1 Å². The number of hydrogen-bond acceptors (Lipinski definition) is 5. The molecule has 1 aliphatic heterocycles. The van der Waals surface area contributed by atoms with Gasteiger partial charge in [0.05, 0.1) is 22.7 Å². The average Bonchev–Trinajstić information content (AvgIpc) is 3.12. The number of carbonyl (C=O) groups is 1. The zero-order valence-corrected chi connectivity index (χ0v) is 15.6. The molecule has 0 radical (unpaired) electrons. The summed E-state index contributed by atoms with van der Waals surface area (Å²) in [7, 11) is 0.104. The minimum Gasteiger partial charge on any atom is -0.478 e. The molecule has 0 bridgehead atoms. The molecular formula is C17H22N4O4S. The van der Waals surface area contributed by atoms with Crippen molar-refractivity contribution >= 4 is 21.7 Å². The minimum atomic E-state index is -3.62. The first-order chi connectivity index (χ1) is 12.3. The fourth-order valence-electron chi connectivity index (χ4n) is 3.07. The first-order valence-electron chi connectivity index (χ1n) is 8.34. The van der Waals surface area contributed by atoms with Gasteiger partial charge in [-0.1, -0.05) is 6.07 Å². The summed E-state index contributed by atoms with van der Waals surface area (Å²) in [6.07, 6.45) is 4.19. The number of rotatable bonds is 5. The van der Waals surface area contributed by atoms with Gasteiger partial charge in [-0.2, -0.15) is 9.40 Å². The molecular weight excluding hydrogens is 356 g/mol. The van der Waals surface area contributed by atoms with Gasteiger partial charge in [0, 0.05) is 39.1 Å². The van der Waals surface area contributed by atoms with Crippen molar-refractivity contribution < 1.29 is 18.3 Å². The minimum absolute atomic E-state index is 0.101. The molecule has 26 heavy (non-hydrogen) atoms. The van der Waals surface area contributed by atoms with Crippen molar-refractivity contribution in [3.05, 3.63) is 42.2 Å². The van der Waals surface area contributed by atoms with Crippen LogP contribution in [0.15, 0.2) is 41.6 Å². The van der Waals surface area contributed by atoms with Gasteiger partial charge in [-0.15, -0.1) is 0 Å². The number of sulfonamides is 1. The summed E-state index contributed by atoms with van der Waals surface area (Å²) < 4.78 is 29.1. The molecule has 8 nitrogen and oxygen atoms in total. The van der Waals surface area contributed by atoms with Crippen LogP contribution in [0.2, 0.25) is 0 Å². The van der Waals surface area contributed by atoms with Gasteiger partial charge in [0.15, 0.2) is 0 Å². The predicted molar refractivity (Wildman–Crippen MR) is 97.0 cm³/mol. The lowest BCUT2D eigenvalue weighted by molar-refractivity contribution is 0.0696. The third-order valence-corrected chi connectivity index (χ3v) is 6.41. The number of hydrogen-bond donors (Lipinski definition) is 1. The molecule has 0 spiro atoms. The zero-order valence-electron chi connectivity index (χ0n) is 14.7. The Bertz CT molecular complexity index is 907. The van der Waals surface area contributed by atoms with E-state index >= 15 is 0 Å². The molecule has 1 fully saturated rings. The lowest BCUT2D eigenvalue weighted by Crippen LogP contribution is -2.40. The van der Waals surface area contributed by atoms with Gasteiger partial charge >= 0.3 is 5.97 Å². The molecule has 3 rings (SSSR count). The van der Waals surface area contributed by atoms with Crippen LogP contribution in [0.4, 0.5) is 5.69 Å². The van der Waals surface area contributed by atoms with E-state index in [1.54, 1.807) is 22.9 Å². The van der Waals surface area contributed by atoms with Gasteiger partial charge in [0.2, 0.25) is 10.0 Å². The van der Waals surface area contributed by atoms with Crippen LogP contribution in [0.25, 0.3) is 0 Å². The number of anilines is 1. The second-order valence-electron chi connectivity index (χ2n) is 6.57. The fraction of sp³-hybridized carbons (Fsp3) is 0.412. The van der Waals surface area contributed by atoms with Crippen LogP contribution in [0, 0.1) is 0 Å². The Hall–Kier alpha value is -2.39. The monoisotopic (exact) mass is 378 g/mol. The standard InChI is InChI=1S/C17H22N4O4S/c1-19(2)14-5-3-7-16(9-14)26(24,25)20-8-4-6-15(12-20)21-11-13(10-18-21)17(22)23/h3,5,7,9-11,15H,4,6,8,12H2,1-2H3,(H,22,23). The number of nitrogens with zero attached hydrogens (tertiary/aromatic N) is 4. The van der Waals surface area contributed by atoms with Crippen molar-refractivity contribution in [2.24, 2.45) is 0 Å². The lowest BCUT2D eigenvalue weighted by atomic mass is 10.1. The van der Waals surface area contributed by atoms with Crippen LogP contribution in [-0.2, 0) is 10.0 Å². The van der Waals surface area contributed by atoms with Gasteiger partial charge in [0.1, 0.15) is 0 Å². The Kier molecular flexibility index (Phi) is 5.01. The Morgan fingerprint density at radius 1 is 1.35 bits per heavy atom. The van der Waals surface area contributed by atoms with E-state index in [-0.39, 0.29) is 23.0 Å². The topological polar surface area (TPSA) is 95.7 Å². The molecule has 9 heteroatoms. The van der Waals surface area contributed by atoms with Crippen molar-refractivity contribution in [2.45, 2.75) is 23.8 Å². The maximum atomic E-state index is 13.0. The Labute approximate surface area is 152 Å². The van der Waals surface area contributed by atoms with Gasteiger partial charge < -0.3 is 10.0 Å². The Morgan fingerprint density at radius 2 is 2.12 bits per heavy atom. The molecule has 1 saturated heterocycles. The molecule has 0 saturated carbocycles. The predicted octanol–water partition coefficient (Wildman–Crippen LogP) is 1.67. The summed E-state index contributed by atoms with van der Waals surface area (Å²) in [5, 5.41) is 13.1. The number of aromatic nitrogens is 2. The molecule has 1 aromatic heterocycles. The Morgan fingerprint density at radius 3 is 2.77 bits per heavy atom. The summed E-state index contributed by atoms with van der Waals surface area (Å²) in [4.78, 5) is 13.1. The highest BCUT2D eigenvalue weighted by Crippen LogP contribution is 2.28. The normalized spacial score (nSPS) is 18.6. The number of benzene rings is 1. The quantitative estimate of drug-likeness (QED) is 0.850. The molecule has 1 atom stereocenters. The fourth-order valence-corrected chi connectivity index (χ4v) is 4.63. The third kappa shape index (κ3) is 3.58. The third-order valence-electron chi connectivity index (χ3n) is 4.55. The van der Waals surface area contributed by atoms with Gasteiger partial charge in [-0.05, 0) is 31.0 Å². The van der Waals surface area contributed by atoms with E-state index in [0.29, 0.717) is 13.0 Å². The summed E-state index contributed by atoms with van der Waals surface area (Å²) >= 11 is 0. The molecule has 1 aliphatic rings. The second kappa shape index (κ2) is 7.08. The van der Waals surface area contributed by atoms with Gasteiger partial charge in [-0.25, -0.2) is 13.2 Å². The molecule has 1 aromatic carbocycles. The van der Waals surface area contributed by atoms with E-state index in [1.807, 2.05) is 25.1 Å². The maximum Gasteiger partial charge on any atom is 0.338 e. The van der Waals surface area contributed by atoms with Crippen molar-refractivity contribution in [1.29, 1.82) is 0 Å².